The minimum atomic E-state index is -4.33. The van der Waals surface area contributed by atoms with Crippen molar-refractivity contribution >= 4 is 28.6 Å². The molecule has 0 aliphatic carbocycles. The molecule has 3 nitrogen and oxygen atoms in total. The Hall–Kier alpha value is -1.50. The number of anilines is 1. The van der Waals surface area contributed by atoms with Crippen molar-refractivity contribution in [1.29, 1.82) is 0 Å². The molecule has 0 amide bonds. The lowest BCUT2D eigenvalue weighted by Gasteiger charge is -2.17. The zero-order chi connectivity index (χ0) is 14.4. The van der Waals surface area contributed by atoms with Gasteiger partial charge in [0.05, 0.1) is 22.5 Å². The number of rotatable bonds is 2. The number of alkyl halides is 3. The smallest absolute Gasteiger partial charge is 0.369 e. The monoisotopic (exact) mass is 295 g/mol. The van der Waals surface area contributed by atoms with Crippen LogP contribution in [0.1, 0.15) is 19.4 Å². The van der Waals surface area contributed by atoms with Crippen molar-refractivity contribution in [3.8, 4) is 0 Å². The molecule has 1 aromatic heterocycles. The lowest BCUT2D eigenvalue weighted by atomic mass is 10.2. The topological polar surface area (TPSA) is 43.8 Å². The molecule has 0 saturated heterocycles. The van der Waals surface area contributed by atoms with Crippen LogP contribution in [0.4, 0.5) is 23.5 Å². The highest BCUT2D eigenvalue weighted by Gasteiger charge is 2.32. The fourth-order valence-corrected chi connectivity index (χ4v) is 2.16. The fraction of sp³-hybridized carbons (Fsp3) is 0.364. The normalized spacial score (nSPS) is 14.0. The van der Waals surface area contributed by atoms with Crippen LogP contribution in [0.2, 0.25) is 5.02 Å². The summed E-state index contributed by atoms with van der Waals surface area (Å²) in [6.07, 6.45) is -5.38. The molecule has 1 heterocycles. The number of halogens is 5. The third kappa shape index (κ3) is 2.75. The minimum Gasteiger partial charge on any atom is -0.369 e. The van der Waals surface area contributed by atoms with Crippen molar-refractivity contribution in [2.24, 2.45) is 0 Å². The summed E-state index contributed by atoms with van der Waals surface area (Å²) in [5.41, 5.74) is 6.05. The van der Waals surface area contributed by atoms with Crippen LogP contribution < -0.4 is 5.73 Å². The fourth-order valence-electron chi connectivity index (χ4n) is 2.00. The van der Waals surface area contributed by atoms with Gasteiger partial charge in [0.1, 0.15) is 5.82 Å². The van der Waals surface area contributed by atoms with Crippen LogP contribution in [-0.2, 0) is 0 Å². The van der Waals surface area contributed by atoms with Crippen molar-refractivity contribution in [3.05, 3.63) is 23.0 Å². The first kappa shape index (κ1) is 13.9. The van der Waals surface area contributed by atoms with Gasteiger partial charge in [0, 0.05) is 12.1 Å². The number of imidazole rings is 1. The molecule has 2 rings (SSSR count). The number of benzene rings is 1. The highest BCUT2D eigenvalue weighted by atomic mass is 35.5. The Morgan fingerprint density at radius 1 is 1.42 bits per heavy atom. The van der Waals surface area contributed by atoms with Crippen LogP contribution in [0.15, 0.2) is 12.1 Å². The summed E-state index contributed by atoms with van der Waals surface area (Å²) in [5, 5.41) is -0.187. The molecule has 0 aliphatic heterocycles. The molecule has 2 aromatic rings. The SMILES string of the molecule is CC(CC(F)(F)F)n1c(N)nc2cc(F)c(Cl)cc21. The quantitative estimate of drug-likeness (QED) is 0.853. The highest BCUT2D eigenvalue weighted by Crippen LogP contribution is 2.33. The Morgan fingerprint density at radius 3 is 2.63 bits per heavy atom. The highest BCUT2D eigenvalue weighted by molar-refractivity contribution is 6.31. The zero-order valence-corrected chi connectivity index (χ0v) is 10.6. The van der Waals surface area contributed by atoms with E-state index in [4.69, 9.17) is 17.3 Å². The average Bonchev–Trinajstić information content (AvgIpc) is 2.52. The van der Waals surface area contributed by atoms with Gasteiger partial charge in [-0.15, -0.1) is 0 Å². The van der Waals surface area contributed by atoms with E-state index in [1.807, 2.05) is 0 Å². The van der Waals surface area contributed by atoms with Crippen molar-refractivity contribution in [1.82, 2.24) is 9.55 Å². The molecule has 1 aromatic carbocycles. The van der Waals surface area contributed by atoms with Crippen LogP contribution in [-0.4, -0.2) is 15.7 Å². The Morgan fingerprint density at radius 2 is 2.05 bits per heavy atom. The second-order valence-corrected chi connectivity index (χ2v) is 4.67. The number of nitrogen functional groups attached to an aromatic ring is 1. The minimum absolute atomic E-state index is 0.103. The van der Waals surface area contributed by atoms with Gasteiger partial charge < -0.3 is 10.3 Å². The molecule has 1 atom stereocenters. The maximum Gasteiger partial charge on any atom is 0.391 e. The second kappa shape index (κ2) is 4.56. The molecule has 0 radical (unpaired) electrons. The summed E-state index contributed by atoms with van der Waals surface area (Å²) >= 11 is 5.63. The van der Waals surface area contributed by atoms with E-state index in [2.05, 4.69) is 4.98 Å². The Bertz CT molecular complexity index is 620. The third-order valence-corrected chi connectivity index (χ3v) is 3.02. The van der Waals surface area contributed by atoms with Crippen LogP contribution in [0.25, 0.3) is 11.0 Å². The van der Waals surface area contributed by atoms with Gasteiger partial charge >= 0.3 is 6.18 Å². The van der Waals surface area contributed by atoms with Crippen molar-refractivity contribution in [2.45, 2.75) is 25.6 Å². The molecule has 0 spiro atoms. The third-order valence-electron chi connectivity index (χ3n) is 2.73. The van der Waals surface area contributed by atoms with Gasteiger partial charge in [-0.25, -0.2) is 9.37 Å². The average molecular weight is 296 g/mol. The van der Waals surface area contributed by atoms with Crippen molar-refractivity contribution in [3.63, 3.8) is 0 Å². The van der Waals surface area contributed by atoms with Gasteiger partial charge in [0.25, 0.3) is 0 Å². The van der Waals surface area contributed by atoms with Gasteiger partial charge in [-0.2, -0.15) is 13.2 Å². The van der Waals surface area contributed by atoms with Gasteiger partial charge in [0.2, 0.25) is 5.95 Å². The first-order valence-corrected chi connectivity index (χ1v) is 5.76. The van der Waals surface area contributed by atoms with Gasteiger partial charge in [-0.1, -0.05) is 11.6 Å². The molecule has 0 fully saturated rings. The lowest BCUT2D eigenvalue weighted by molar-refractivity contribution is -0.141. The summed E-state index contributed by atoms with van der Waals surface area (Å²) in [5.74, 6) is -0.796. The Balaban J connectivity index is 2.54. The number of aromatic nitrogens is 2. The van der Waals surface area contributed by atoms with Gasteiger partial charge in [-0.3, -0.25) is 0 Å². The maximum absolute atomic E-state index is 13.3. The number of nitrogens with zero attached hydrogens (tertiary/aromatic N) is 2. The van der Waals surface area contributed by atoms with Crippen molar-refractivity contribution < 1.29 is 17.6 Å². The molecule has 0 saturated carbocycles. The molecular formula is C11H10ClF4N3. The molecule has 19 heavy (non-hydrogen) atoms. The first-order chi connectivity index (χ1) is 8.69. The summed E-state index contributed by atoms with van der Waals surface area (Å²) in [7, 11) is 0. The van der Waals surface area contributed by atoms with Crippen LogP contribution in [0, 0.1) is 5.82 Å². The van der Waals surface area contributed by atoms with E-state index >= 15 is 0 Å². The van der Waals surface area contributed by atoms with E-state index in [1.54, 1.807) is 0 Å². The van der Waals surface area contributed by atoms with Crippen LogP contribution in [0.3, 0.4) is 0 Å². The molecule has 2 N–H and O–H groups in total. The summed E-state index contributed by atoms with van der Waals surface area (Å²) in [4.78, 5) is 3.84. The molecule has 1 unspecified atom stereocenters. The first-order valence-electron chi connectivity index (χ1n) is 5.38. The van der Waals surface area contributed by atoms with E-state index < -0.39 is 24.5 Å². The van der Waals surface area contributed by atoms with Gasteiger partial charge in [-0.05, 0) is 13.0 Å². The van der Waals surface area contributed by atoms with E-state index in [0.29, 0.717) is 0 Å². The summed E-state index contributed by atoms with van der Waals surface area (Å²) < 4.78 is 51.7. The number of fused-ring (bicyclic) bond motifs is 1. The van der Waals surface area contributed by atoms with E-state index in [0.717, 1.165) is 6.07 Å². The zero-order valence-electron chi connectivity index (χ0n) is 9.80. The van der Waals surface area contributed by atoms with Crippen LogP contribution >= 0.6 is 11.6 Å². The van der Waals surface area contributed by atoms with E-state index in [1.165, 1.54) is 17.6 Å². The Labute approximate surface area is 111 Å². The predicted octanol–water partition coefficient (Wildman–Crippen LogP) is 3.92. The van der Waals surface area contributed by atoms with Crippen LogP contribution in [0.5, 0.6) is 0 Å². The number of hydrogen-bond acceptors (Lipinski definition) is 2. The summed E-state index contributed by atoms with van der Waals surface area (Å²) in [6.45, 7) is 1.36. The number of nitrogens with two attached hydrogens (primary N) is 1. The van der Waals surface area contributed by atoms with E-state index in [9.17, 15) is 17.6 Å². The summed E-state index contributed by atoms with van der Waals surface area (Å²) in [6, 6.07) is 1.32. The van der Waals surface area contributed by atoms with E-state index in [-0.39, 0.29) is 22.0 Å². The largest absolute Gasteiger partial charge is 0.391 e. The standard InChI is InChI=1S/C11H10ClF4N3/c1-5(4-11(14,15)16)19-9-2-6(12)7(13)3-8(9)18-10(19)17/h2-3,5H,4H2,1H3,(H2,17,18). The van der Waals surface area contributed by atoms with Crippen molar-refractivity contribution in [2.75, 3.05) is 5.73 Å². The molecule has 0 bridgehead atoms. The second-order valence-electron chi connectivity index (χ2n) is 4.26. The van der Waals surface area contributed by atoms with Gasteiger partial charge in [0.15, 0.2) is 0 Å². The Kier molecular flexibility index (Phi) is 3.34. The lowest BCUT2D eigenvalue weighted by Crippen LogP contribution is -2.17. The maximum atomic E-state index is 13.3. The molecular weight excluding hydrogens is 286 g/mol. The molecule has 0 aliphatic rings. The molecule has 104 valence electrons. The molecule has 8 heteroatoms. The predicted molar refractivity (Wildman–Crippen MR) is 64.5 cm³/mol. The number of hydrogen-bond donors (Lipinski definition) is 1.